The van der Waals surface area contributed by atoms with Gasteiger partial charge in [0.05, 0.1) is 22.4 Å². The minimum absolute atomic E-state index is 0.331. The third-order valence-electron chi connectivity index (χ3n) is 4.09. The molecule has 138 valence electrons. The number of nitrogens with two attached hydrogens (primary N) is 1. The van der Waals surface area contributed by atoms with Crippen LogP contribution in [0.3, 0.4) is 0 Å². The molecular formula is C18H21N3O3S2. The van der Waals surface area contributed by atoms with Gasteiger partial charge in [-0.3, -0.25) is 9.59 Å². The minimum Gasteiger partial charge on any atom is -0.496 e. The van der Waals surface area contributed by atoms with Crippen molar-refractivity contribution in [2.75, 3.05) is 25.5 Å². The second-order valence-electron chi connectivity index (χ2n) is 5.91. The molecule has 3 rings (SSSR count). The molecule has 0 bridgehead atoms. The lowest BCUT2D eigenvalue weighted by atomic mass is 10.2. The normalized spacial score (nSPS) is 14.8. The molecule has 2 amide bonds. The Morgan fingerprint density at radius 2 is 1.92 bits per heavy atom. The predicted molar refractivity (Wildman–Crippen MR) is 105 cm³/mol. The van der Waals surface area contributed by atoms with Crippen molar-refractivity contribution in [3.63, 3.8) is 0 Å². The Kier molecular flexibility index (Phi) is 6.18. The summed E-state index contributed by atoms with van der Waals surface area (Å²) < 4.78 is 8.45. The van der Waals surface area contributed by atoms with Gasteiger partial charge in [0.1, 0.15) is 10.8 Å². The van der Waals surface area contributed by atoms with Crippen LogP contribution in [0, 0.1) is 0 Å². The van der Waals surface area contributed by atoms with Gasteiger partial charge < -0.3 is 15.8 Å². The molecule has 0 atom stereocenters. The molecule has 8 heteroatoms. The smallest absolute Gasteiger partial charge is 0.260 e. The summed E-state index contributed by atoms with van der Waals surface area (Å²) >= 11 is 2.98. The van der Waals surface area contributed by atoms with Gasteiger partial charge in [-0.05, 0) is 43.0 Å². The molecule has 1 aliphatic rings. The molecule has 0 radical (unpaired) electrons. The highest BCUT2D eigenvalue weighted by Gasteiger charge is 2.20. The van der Waals surface area contributed by atoms with E-state index in [1.807, 2.05) is 0 Å². The molecule has 26 heavy (non-hydrogen) atoms. The first-order valence-corrected chi connectivity index (χ1v) is 9.98. The SMILES string of the molecule is COc1ccccc1C(=O)Nc1sc(SN2CCCCC2)cc1C(N)=O. The van der Waals surface area contributed by atoms with Crippen molar-refractivity contribution >= 4 is 40.1 Å². The molecular weight excluding hydrogens is 370 g/mol. The lowest BCUT2D eigenvalue weighted by Crippen LogP contribution is -2.22. The van der Waals surface area contributed by atoms with E-state index in [0.29, 0.717) is 21.9 Å². The van der Waals surface area contributed by atoms with E-state index in [1.54, 1.807) is 42.3 Å². The summed E-state index contributed by atoms with van der Waals surface area (Å²) in [5.41, 5.74) is 6.24. The summed E-state index contributed by atoms with van der Waals surface area (Å²) in [6.07, 6.45) is 3.62. The maximum Gasteiger partial charge on any atom is 0.260 e. The van der Waals surface area contributed by atoms with Crippen molar-refractivity contribution < 1.29 is 14.3 Å². The van der Waals surface area contributed by atoms with Gasteiger partial charge in [-0.15, -0.1) is 11.3 Å². The number of nitrogens with zero attached hydrogens (tertiary/aromatic N) is 1. The lowest BCUT2D eigenvalue weighted by Gasteiger charge is -2.24. The Labute approximate surface area is 160 Å². The van der Waals surface area contributed by atoms with E-state index >= 15 is 0 Å². The highest BCUT2D eigenvalue weighted by Crippen LogP contribution is 2.37. The van der Waals surface area contributed by atoms with Crippen molar-refractivity contribution in [1.82, 2.24) is 4.31 Å². The number of methoxy groups -OCH3 is 1. The predicted octanol–water partition coefficient (Wildman–Crippen LogP) is 3.60. The highest BCUT2D eigenvalue weighted by molar-refractivity contribution is 7.99. The maximum atomic E-state index is 12.6. The van der Waals surface area contributed by atoms with Crippen molar-refractivity contribution in [3.05, 3.63) is 41.5 Å². The summed E-state index contributed by atoms with van der Waals surface area (Å²) in [6, 6.07) is 8.70. The average molecular weight is 392 g/mol. The van der Waals surface area contributed by atoms with Gasteiger partial charge in [0, 0.05) is 13.1 Å². The molecule has 1 aromatic carbocycles. The van der Waals surface area contributed by atoms with Gasteiger partial charge in [0.25, 0.3) is 11.8 Å². The summed E-state index contributed by atoms with van der Waals surface area (Å²) in [6.45, 7) is 2.05. The van der Waals surface area contributed by atoms with E-state index in [1.165, 1.54) is 37.7 Å². The van der Waals surface area contributed by atoms with Crippen molar-refractivity contribution in [1.29, 1.82) is 0 Å². The second kappa shape index (κ2) is 8.57. The third-order valence-corrected chi connectivity index (χ3v) is 6.33. The molecule has 0 spiro atoms. The lowest BCUT2D eigenvalue weighted by molar-refractivity contribution is 0.100. The number of primary amides is 1. The summed E-state index contributed by atoms with van der Waals surface area (Å²) in [5, 5.41) is 3.27. The van der Waals surface area contributed by atoms with Crippen LogP contribution in [0.1, 0.15) is 40.0 Å². The molecule has 1 aromatic heterocycles. The molecule has 6 nitrogen and oxygen atoms in total. The molecule has 3 N–H and O–H groups in total. The fourth-order valence-electron chi connectivity index (χ4n) is 2.78. The highest BCUT2D eigenvalue weighted by atomic mass is 32.2. The van der Waals surface area contributed by atoms with Crippen molar-refractivity contribution in [3.8, 4) is 5.75 Å². The number of thiophene rings is 1. The fraction of sp³-hybridized carbons (Fsp3) is 0.333. The summed E-state index contributed by atoms with van der Waals surface area (Å²) in [4.78, 5) is 24.4. The van der Waals surface area contributed by atoms with Crippen LogP contribution in [0.15, 0.2) is 34.5 Å². The second-order valence-corrected chi connectivity index (χ2v) is 8.36. The Balaban J connectivity index is 1.79. The van der Waals surface area contributed by atoms with E-state index in [-0.39, 0.29) is 5.91 Å². The number of ether oxygens (including phenoxy) is 1. The van der Waals surface area contributed by atoms with Gasteiger partial charge >= 0.3 is 0 Å². The maximum absolute atomic E-state index is 12.6. The number of rotatable bonds is 6. The number of hydrogen-bond acceptors (Lipinski definition) is 6. The molecule has 1 saturated heterocycles. The van der Waals surface area contributed by atoms with E-state index in [4.69, 9.17) is 10.5 Å². The van der Waals surface area contributed by atoms with Gasteiger partial charge in [-0.1, -0.05) is 18.6 Å². The first-order chi connectivity index (χ1) is 12.6. The van der Waals surface area contributed by atoms with E-state index in [2.05, 4.69) is 9.62 Å². The number of carbonyl (C=O) groups excluding carboxylic acids is 2. The molecule has 0 unspecified atom stereocenters. The molecule has 2 aromatic rings. The minimum atomic E-state index is -0.554. The number of hydrogen-bond donors (Lipinski definition) is 2. The molecule has 1 aliphatic heterocycles. The zero-order valence-electron chi connectivity index (χ0n) is 14.5. The Hall–Kier alpha value is -2.03. The van der Waals surface area contributed by atoms with Gasteiger partial charge in [0.2, 0.25) is 0 Å². The first-order valence-electron chi connectivity index (χ1n) is 8.39. The standard InChI is InChI=1S/C18H21N3O3S2/c1-24-14-8-4-3-7-12(14)17(23)20-18-13(16(19)22)11-15(25-18)26-21-9-5-2-6-10-21/h3-4,7-8,11H,2,5-6,9-10H2,1H3,(H2,19,22)(H,20,23). The Bertz CT molecular complexity index is 801. The van der Waals surface area contributed by atoms with Crippen LogP contribution >= 0.6 is 23.3 Å². The molecule has 0 saturated carbocycles. The molecule has 0 aliphatic carbocycles. The van der Waals surface area contributed by atoms with Gasteiger partial charge in [-0.25, -0.2) is 4.31 Å². The van der Waals surface area contributed by atoms with Crippen molar-refractivity contribution in [2.45, 2.75) is 23.5 Å². The van der Waals surface area contributed by atoms with Gasteiger partial charge in [-0.2, -0.15) is 0 Å². The van der Waals surface area contributed by atoms with Crippen LogP contribution in [-0.4, -0.2) is 36.3 Å². The monoisotopic (exact) mass is 391 g/mol. The van der Waals surface area contributed by atoms with E-state index < -0.39 is 5.91 Å². The molecule has 1 fully saturated rings. The largest absolute Gasteiger partial charge is 0.496 e. The zero-order valence-corrected chi connectivity index (χ0v) is 16.1. The van der Waals surface area contributed by atoms with E-state index in [9.17, 15) is 9.59 Å². The van der Waals surface area contributed by atoms with Crippen LogP contribution in [0.2, 0.25) is 0 Å². The van der Waals surface area contributed by atoms with E-state index in [0.717, 1.165) is 17.3 Å². The zero-order chi connectivity index (χ0) is 18.5. The molecule has 2 heterocycles. The number of anilines is 1. The van der Waals surface area contributed by atoms with Crippen LogP contribution < -0.4 is 15.8 Å². The van der Waals surface area contributed by atoms with Crippen molar-refractivity contribution in [2.24, 2.45) is 5.73 Å². The number of carbonyl (C=O) groups is 2. The number of para-hydroxylation sites is 1. The van der Waals surface area contributed by atoms with Gasteiger partial charge in [0.15, 0.2) is 0 Å². The Morgan fingerprint density at radius 1 is 1.19 bits per heavy atom. The topological polar surface area (TPSA) is 84.7 Å². The Morgan fingerprint density at radius 3 is 2.62 bits per heavy atom. The quantitative estimate of drug-likeness (QED) is 0.735. The van der Waals surface area contributed by atoms with Crippen LogP contribution in [0.25, 0.3) is 0 Å². The number of amides is 2. The average Bonchev–Trinajstić information content (AvgIpc) is 3.05. The number of nitrogens with one attached hydrogen (secondary N) is 1. The number of piperidine rings is 1. The van der Waals surface area contributed by atoms with Crippen LogP contribution in [0.5, 0.6) is 5.75 Å². The van der Waals surface area contributed by atoms with Crippen LogP contribution in [-0.2, 0) is 0 Å². The summed E-state index contributed by atoms with van der Waals surface area (Å²) in [7, 11) is 1.51. The fourth-order valence-corrected chi connectivity index (χ4v) is 5.15. The number of benzene rings is 1. The van der Waals surface area contributed by atoms with Crippen LogP contribution in [0.4, 0.5) is 5.00 Å². The third kappa shape index (κ3) is 4.38. The first kappa shape index (κ1) is 18.8. The summed E-state index contributed by atoms with van der Waals surface area (Å²) in [5.74, 6) is -0.409.